The standard InChI is InChI=1S/C22H17N3O6/c1-2-10-31-14-7-6-13(19(26)11-14)12-23-24-21(27)16-5-3-4-15-18(25(29)30)9-8-17(20(15)16)22(24)28/h3-9,11-12,26H,2,10H2,1H3/b23-12+. The van der Waals surface area contributed by atoms with Crippen molar-refractivity contribution in [3.63, 3.8) is 0 Å². The smallest absolute Gasteiger partial charge is 0.282 e. The highest BCUT2D eigenvalue weighted by Crippen LogP contribution is 2.35. The van der Waals surface area contributed by atoms with E-state index in [4.69, 9.17) is 4.74 Å². The molecule has 156 valence electrons. The number of amides is 2. The number of hydrogen-bond acceptors (Lipinski definition) is 7. The van der Waals surface area contributed by atoms with Crippen LogP contribution in [-0.2, 0) is 0 Å². The molecular formula is C22H17N3O6. The van der Waals surface area contributed by atoms with Gasteiger partial charge in [0.2, 0.25) is 0 Å². The van der Waals surface area contributed by atoms with Gasteiger partial charge in [-0.05, 0) is 36.8 Å². The number of non-ortho nitro benzene ring substituents is 1. The summed E-state index contributed by atoms with van der Waals surface area (Å²) in [5.74, 6) is -1.04. The van der Waals surface area contributed by atoms with Crippen LogP contribution in [0.4, 0.5) is 5.69 Å². The summed E-state index contributed by atoms with van der Waals surface area (Å²) < 4.78 is 5.45. The molecule has 9 nitrogen and oxygen atoms in total. The van der Waals surface area contributed by atoms with E-state index in [-0.39, 0.29) is 38.9 Å². The number of rotatable bonds is 6. The predicted octanol–water partition coefficient (Wildman–Crippen LogP) is 3.87. The van der Waals surface area contributed by atoms with Crippen LogP contribution in [0, 0.1) is 10.1 Å². The Hall–Kier alpha value is -4.27. The zero-order valence-corrected chi connectivity index (χ0v) is 16.4. The van der Waals surface area contributed by atoms with Crippen LogP contribution in [0.25, 0.3) is 10.8 Å². The topological polar surface area (TPSA) is 122 Å². The van der Waals surface area contributed by atoms with Crippen LogP contribution < -0.4 is 4.74 Å². The molecule has 1 aliphatic heterocycles. The number of hydrogen-bond donors (Lipinski definition) is 1. The van der Waals surface area contributed by atoms with E-state index in [0.717, 1.165) is 6.42 Å². The number of aromatic hydroxyl groups is 1. The van der Waals surface area contributed by atoms with Crippen molar-refractivity contribution in [2.45, 2.75) is 13.3 Å². The van der Waals surface area contributed by atoms with Crippen molar-refractivity contribution in [1.82, 2.24) is 5.01 Å². The second kappa shape index (κ2) is 7.86. The molecule has 0 radical (unpaired) electrons. The van der Waals surface area contributed by atoms with Gasteiger partial charge >= 0.3 is 0 Å². The second-order valence-corrected chi connectivity index (χ2v) is 6.85. The number of carbonyl (C=O) groups is 2. The molecule has 0 atom stereocenters. The van der Waals surface area contributed by atoms with Gasteiger partial charge < -0.3 is 9.84 Å². The van der Waals surface area contributed by atoms with Crippen LogP contribution in [0.3, 0.4) is 0 Å². The van der Waals surface area contributed by atoms with Crippen LogP contribution in [0.2, 0.25) is 0 Å². The average Bonchev–Trinajstić information content (AvgIpc) is 2.76. The second-order valence-electron chi connectivity index (χ2n) is 6.85. The van der Waals surface area contributed by atoms with Gasteiger partial charge in [-0.2, -0.15) is 10.1 Å². The summed E-state index contributed by atoms with van der Waals surface area (Å²) >= 11 is 0. The normalized spacial score (nSPS) is 13.3. The summed E-state index contributed by atoms with van der Waals surface area (Å²) in [6, 6.07) is 11.7. The Morgan fingerprint density at radius 2 is 1.87 bits per heavy atom. The fourth-order valence-electron chi connectivity index (χ4n) is 3.39. The maximum absolute atomic E-state index is 12.9. The maximum atomic E-state index is 12.9. The summed E-state index contributed by atoms with van der Waals surface area (Å²) in [6.07, 6.45) is 2.02. The average molecular weight is 419 g/mol. The summed E-state index contributed by atoms with van der Waals surface area (Å²) in [7, 11) is 0. The highest BCUT2D eigenvalue weighted by molar-refractivity contribution is 6.26. The Bertz CT molecular complexity index is 1250. The zero-order valence-electron chi connectivity index (χ0n) is 16.4. The predicted molar refractivity (Wildman–Crippen MR) is 113 cm³/mol. The fraction of sp³-hybridized carbons (Fsp3) is 0.136. The van der Waals surface area contributed by atoms with Gasteiger partial charge in [-0.25, -0.2) is 0 Å². The number of hydrazone groups is 1. The third-order valence-electron chi connectivity index (χ3n) is 4.85. The first-order valence-electron chi connectivity index (χ1n) is 9.51. The lowest BCUT2D eigenvalue weighted by Gasteiger charge is -2.23. The lowest BCUT2D eigenvalue weighted by Crippen LogP contribution is -2.36. The van der Waals surface area contributed by atoms with Crippen molar-refractivity contribution in [2.24, 2.45) is 5.10 Å². The van der Waals surface area contributed by atoms with Gasteiger partial charge in [0.25, 0.3) is 17.5 Å². The molecule has 1 heterocycles. The number of nitro groups is 1. The third kappa shape index (κ3) is 3.46. The molecule has 0 fully saturated rings. The molecule has 3 aromatic rings. The molecule has 0 bridgehead atoms. The van der Waals surface area contributed by atoms with Gasteiger partial charge in [0.15, 0.2) is 0 Å². The highest BCUT2D eigenvalue weighted by atomic mass is 16.6. The number of benzene rings is 3. The van der Waals surface area contributed by atoms with Gasteiger partial charge in [-0.1, -0.05) is 13.0 Å². The fourth-order valence-corrected chi connectivity index (χ4v) is 3.39. The van der Waals surface area contributed by atoms with Gasteiger partial charge in [-0.15, -0.1) is 0 Å². The van der Waals surface area contributed by atoms with E-state index in [9.17, 15) is 24.8 Å². The Kier molecular flexibility index (Phi) is 5.08. The molecule has 0 saturated carbocycles. The number of phenolic OH excluding ortho intramolecular Hbond substituents is 1. The SMILES string of the molecule is CCCOc1ccc(/C=N/N2C(=O)c3cccc4c([N+](=O)[O-])ccc(c34)C2=O)c(O)c1. The number of nitrogens with zero attached hydrogens (tertiary/aromatic N) is 3. The van der Waals surface area contributed by atoms with Crippen molar-refractivity contribution in [3.8, 4) is 11.5 Å². The van der Waals surface area contributed by atoms with Crippen molar-refractivity contribution < 1.29 is 24.4 Å². The minimum absolute atomic E-state index is 0.118. The largest absolute Gasteiger partial charge is 0.507 e. The molecule has 2 amide bonds. The zero-order chi connectivity index (χ0) is 22.1. The molecule has 0 saturated heterocycles. The quantitative estimate of drug-likeness (QED) is 0.280. The van der Waals surface area contributed by atoms with Crippen molar-refractivity contribution >= 4 is 34.5 Å². The number of ether oxygens (including phenoxy) is 1. The van der Waals surface area contributed by atoms with E-state index < -0.39 is 16.7 Å². The molecule has 9 heteroatoms. The van der Waals surface area contributed by atoms with Crippen LogP contribution in [0.15, 0.2) is 53.6 Å². The molecule has 0 aromatic heterocycles. The van der Waals surface area contributed by atoms with E-state index in [1.165, 1.54) is 42.6 Å². The van der Waals surface area contributed by atoms with Crippen LogP contribution in [-0.4, -0.2) is 39.7 Å². The first-order chi connectivity index (χ1) is 14.9. The van der Waals surface area contributed by atoms with Gasteiger partial charge in [0.1, 0.15) is 11.5 Å². The third-order valence-corrected chi connectivity index (χ3v) is 4.85. The van der Waals surface area contributed by atoms with E-state index in [1.807, 2.05) is 6.92 Å². The van der Waals surface area contributed by atoms with Crippen molar-refractivity contribution in [2.75, 3.05) is 6.61 Å². The van der Waals surface area contributed by atoms with E-state index in [2.05, 4.69) is 5.10 Å². The van der Waals surface area contributed by atoms with Crippen LogP contribution in [0.5, 0.6) is 11.5 Å². The molecule has 1 aliphatic rings. The lowest BCUT2D eigenvalue weighted by atomic mass is 9.94. The molecule has 3 aromatic carbocycles. The number of imide groups is 1. The molecular weight excluding hydrogens is 402 g/mol. The Balaban J connectivity index is 1.70. The Morgan fingerprint density at radius 3 is 2.55 bits per heavy atom. The first kappa shape index (κ1) is 20.0. The summed E-state index contributed by atoms with van der Waals surface area (Å²) in [5.41, 5.74) is 0.381. The summed E-state index contributed by atoms with van der Waals surface area (Å²) in [4.78, 5) is 36.6. The molecule has 31 heavy (non-hydrogen) atoms. The molecule has 4 rings (SSSR count). The van der Waals surface area contributed by atoms with Crippen LogP contribution in [0.1, 0.15) is 39.6 Å². The minimum Gasteiger partial charge on any atom is -0.507 e. The maximum Gasteiger partial charge on any atom is 0.282 e. The molecule has 0 unspecified atom stereocenters. The number of carbonyl (C=O) groups excluding carboxylic acids is 2. The van der Waals surface area contributed by atoms with E-state index >= 15 is 0 Å². The first-order valence-corrected chi connectivity index (χ1v) is 9.51. The van der Waals surface area contributed by atoms with Gasteiger partial charge in [0, 0.05) is 23.1 Å². The van der Waals surface area contributed by atoms with E-state index in [1.54, 1.807) is 12.1 Å². The molecule has 1 N–H and O–H groups in total. The van der Waals surface area contributed by atoms with Crippen molar-refractivity contribution in [3.05, 3.63) is 75.3 Å². The number of phenols is 1. The monoisotopic (exact) mass is 419 g/mol. The lowest BCUT2D eigenvalue weighted by molar-refractivity contribution is -0.383. The molecule has 0 aliphatic carbocycles. The Labute approximate surface area is 176 Å². The van der Waals surface area contributed by atoms with Gasteiger partial charge in [-0.3, -0.25) is 19.7 Å². The molecule has 0 spiro atoms. The van der Waals surface area contributed by atoms with Gasteiger partial charge in [0.05, 0.1) is 34.3 Å². The minimum atomic E-state index is -0.706. The van der Waals surface area contributed by atoms with E-state index in [0.29, 0.717) is 17.4 Å². The van der Waals surface area contributed by atoms with Crippen molar-refractivity contribution in [1.29, 1.82) is 0 Å². The highest BCUT2D eigenvalue weighted by Gasteiger charge is 2.34. The summed E-state index contributed by atoms with van der Waals surface area (Å²) in [5, 5.41) is 26.6. The number of nitro benzene ring substituents is 1. The van der Waals surface area contributed by atoms with Crippen LogP contribution >= 0.6 is 0 Å². The summed E-state index contributed by atoms with van der Waals surface area (Å²) in [6.45, 7) is 2.47. The Morgan fingerprint density at radius 1 is 1.13 bits per heavy atom.